The number of aldehydes is 1. The summed E-state index contributed by atoms with van der Waals surface area (Å²) in [6.07, 6.45) is -0.162. The first-order chi connectivity index (χ1) is 28.8. The quantitative estimate of drug-likeness (QED) is 0.0728. The van der Waals surface area contributed by atoms with E-state index in [0.29, 0.717) is 51.7 Å². The first-order valence-electron chi connectivity index (χ1n) is 19.1. The molecule has 0 radical (unpaired) electrons. The number of amides is 1. The standard InChI is InChI=1S/C44H42Cl3N3O10/c1-25-15-30-16-32-33(18-48)49(35(22-55-27(3)52)31-17-36(26(2)40-41(31)60-24-59-40)56-20-28-11-7-5-8-12-28)34(19-51)38(50(32)43(53)58-23-44(45,46)47)37(30)42(39(25)54-4)57-21-29-13-9-6-10-14-29/h5-15,17,19,32-35,38H,16,20-24H2,1-4H3/t32-,33+,34?,35+,38-/m1/s1. The molecule has 4 aromatic carbocycles. The fraction of sp³-hybridized carbons (Fsp3) is 0.364. The van der Waals surface area contributed by atoms with Crippen LogP contribution in [0.2, 0.25) is 0 Å². The molecule has 1 fully saturated rings. The van der Waals surface area contributed by atoms with E-state index in [9.17, 15) is 19.6 Å². The lowest BCUT2D eigenvalue weighted by atomic mass is 9.76. The molecule has 314 valence electrons. The number of fused-ring (bicyclic) bond motifs is 5. The molecule has 1 amide bonds. The summed E-state index contributed by atoms with van der Waals surface area (Å²) in [5, 5.41) is 11.2. The molecule has 3 aliphatic rings. The molecule has 2 bridgehead atoms. The molecule has 0 N–H and O–H groups in total. The van der Waals surface area contributed by atoms with Crippen molar-refractivity contribution in [2.75, 3.05) is 27.1 Å². The first-order valence-corrected chi connectivity index (χ1v) is 20.2. The van der Waals surface area contributed by atoms with Gasteiger partial charge in [0.15, 0.2) is 23.0 Å². The van der Waals surface area contributed by atoms with Crippen LogP contribution in [0.4, 0.5) is 4.79 Å². The normalized spacial score (nSPS) is 19.7. The number of aryl methyl sites for hydroxylation is 1. The van der Waals surface area contributed by atoms with E-state index in [1.807, 2.05) is 80.6 Å². The molecular weight excluding hydrogens is 837 g/mol. The summed E-state index contributed by atoms with van der Waals surface area (Å²) >= 11 is 18.1. The number of esters is 1. The second kappa shape index (κ2) is 18.1. The fourth-order valence-corrected chi connectivity index (χ4v) is 8.48. The monoisotopic (exact) mass is 877 g/mol. The molecule has 0 spiro atoms. The van der Waals surface area contributed by atoms with E-state index in [-0.39, 0.29) is 33.0 Å². The second-order valence-corrected chi connectivity index (χ2v) is 17.1. The zero-order valence-corrected chi connectivity index (χ0v) is 35.5. The zero-order chi connectivity index (χ0) is 42.7. The average Bonchev–Trinajstić information content (AvgIpc) is 3.73. The van der Waals surface area contributed by atoms with Gasteiger partial charge in [-0.05, 0) is 48.6 Å². The minimum atomic E-state index is -1.96. The molecule has 1 unspecified atom stereocenters. The van der Waals surface area contributed by atoms with Gasteiger partial charge in [-0.3, -0.25) is 14.6 Å². The number of methoxy groups -OCH3 is 1. The van der Waals surface area contributed by atoms with Crippen LogP contribution in [0.15, 0.2) is 72.8 Å². The van der Waals surface area contributed by atoms with Crippen LogP contribution in [0.25, 0.3) is 0 Å². The van der Waals surface area contributed by atoms with E-state index in [1.165, 1.54) is 18.9 Å². The van der Waals surface area contributed by atoms with Gasteiger partial charge in [0.25, 0.3) is 0 Å². The number of halogens is 3. The van der Waals surface area contributed by atoms with Gasteiger partial charge < -0.3 is 38.0 Å². The minimum absolute atomic E-state index is 0.110. The summed E-state index contributed by atoms with van der Waals surface area (Å²) in [6.45, 7) is 4.23. The highest BCUT2D eigenvalue weighted by atomic mass is 35.6. The number of alkyl halides is 3. The summed E-state index contributed by atoms with van der Waals surface area (Å²) in [4.78, 5) is 43.9. The number of hydrogen-bond donors (Lipinski definition) is 0. The third-order valence-electron chi connectivity index (χ3n) is 10.8. The Balaban J connectivity index is 1.42. The number of nitrogens with zero attached hydrogens (tertiary/aromatic N) is 3. The topological polar surface area (TPSA) is 146 Å². The van der Waals surface area contributed by atoms with Crippen molar-refractivity contribution in [2.45, 2.75) is 74.4 Å². The molecule has 3 heterocycles. The Hall–Kier alpha value is -5.39. The summed E-state index contributed by atoms with van der Waals surface area (Å²) in [5.74, 6) is 1.25. The number of rotatable bonds is 13. The Labute approximate surface area is 362 Å². The fourth-order valence-electron chi connectivity index (χ4n) is 8.32. The van der Waals surface area contributed by atoms with Crippen molar-refractivity contribution < 1.29 is 47.5 Å². The van der Waals surface area contributed by atoms with Crippen LogP contribution >= 0.6 is 34.8 Å². The molecule has 16 heteroatoms. The van der Waals surface area contributed by atoms with Crippen LogP contribution in [0.1, 0.15) is 58.0 Å². The molecule has 60 heavy (non-hydrogen) atoms. The zero-order valence-electron chi connectivity index (χ0n) is 33.2. The van der Waals surface area contributed by atoms with Crippen LogP contribution in [0, 0.1) is 25.2 Å². The summed E-state index contributed by atoms with van der Waals surface area (Å²) in [7, 11) is 1.51. The van der Waals surface area contributed by atoms with Crippen molar-refractivity contribution in [3.05, 3.63) is 112 Å². The van der Waals surface area contributed by atoms with Gasteiger partial charge in [-0.15, -0.1) is 0 Å². The summed E-state index contributed by atoms with van der Waals surface area (Å²) in [6, 6.07) is 19.4. The minimum Gasteiger partial charge on any atom is -0.493 e. The maximum atomic E-state index is 14.4. The van der Waals surface area contributed by atoms with Gasteiger partial charge in [0.1, 0.15) is 44.5 Å². The Kier molecular flexibility index (Phi) is 12.9. The Morgan fingerprint density at radius 2 is 1.60 bits per heavy atom. The number of nitriles is 1. The third-order valence-corrected chi connectivity index (χ3v) is 11.2. The van der Waals surface area contributed by atoms with Crippen molar-refractivity contribution in [3.8, 4) is 34.8 Å². The highest BCUT2D eigenvalue weighted by molar-refractivity contribution is 6.67. The van der Waals surface area contributed by atoms with E-state index in [0.717, 1.165) is 22.3 Å². The van der Waals surface area contributed by atoms with E-state index >= 15 is 0 Å². The molecule has 5 atom stereocenters. The van der Waals surface area contributed by atoms with Crippen LogP contribution in [0.3, 0.4) is 0 Å². The predicted molar refractivity (Wildman–Crippen MR) is 221 cm³/mol. The maximum absolute atomic E-state index is 14.4. The molecule has 0 saturated carbocycles. The van der Waals surface area contributed by atoms with Gasteiger partial charge >= 0.3 is 12.1 Å². The highest BCUT2D eigenvalue weighted by Gasteiger charge is 2.58. The first kappa shape index (κ1) is 42.7. The SMILES string of the molecule is COc1c(C)cc2c(c1OCc1ccccc1)[C@H]1C(C=O)N([C@@H](COC(C)=O)c3cc(OCc4ccccc4)c(C)c4c3OCO4)[C@@H](C#N)[C@@H](C2)N1C(=O)OCC(Cl)(Cl)Cl. The Morgan fingerprint density at radius 1 is 0.950 bits per heavy atom. The van der Waals surface area contributed by atoms with Gasteiger partial charge in [0.05, 0.1) is 37.3 Å². The largest absolute Gasteiger partial charge is 0.493 e. The van der Waals surface area contributed by atoms with Gasteiger partial charge in [-0.2, -0.15) is 5.26 Å². The number of ether oxygens (including phenoxy) is 7. The Bertz CT molecular complexity index is 2290. The van der Waals surface area contributed by atoms with Crippen molar-refractivity contribution in [1.29, 1.82) is 5.26 Å². The molecule has 0 aromatic heterocycles. The number of carbonyl (C=O) groups is 3. The van der Waals surface area contributed by atoms with Crippen LogP contribution < -0.4 is 23.7 Å². The lowest BCUT2D eigenvalue weighted by Crippen LogP contribution is -2.69. The van der Waals surface area contributed by atoms with E-state index in [1.54, 1.807) is 11.0 Å². The molecule has 0 aliphatic carbocycles. The van der Waals surface area contributed by atoms with Crippen LogP contribution in [-0.4, -0.2) is 77.2 Å². The second-order valence-electron chi connectivity index (χ2n) is 14.6. The molecule has 7 rings (SSSR count). The molecule has 3 aliphatic heterocycles. The smallest absolute Gasteiger partial charge is 0.410 e. The number of benzene rings is 4. The van der Waals surface area contributed by atoms with E-state index in [2.05, 4.69) is 6.07 Å². The highest BCUT2D eigenvalue weighted by Crippen LogP contribution is 2.54. The van der Waals surface area contributed by atoms with E-state index < -0.39 is 52.7 Å². The number of piperazine rings is 1. The average molecular weight is 879 g/mol. The van der Waals surface area contributed by atoms with Crippen molar-refractivity contribution in [3.63, 3.8) is 0 Å². The predicted octanol–water partition coefficient (Wildman–Crippen LogP) is 8.05. The Morgan fingerprint density at radius 3 is 2.20 bits per heavy atom. The van der Waals surface area contributed by atoms with Crippen LogP contribution in [-0.2, 0) is 38.7 Å². The van der Waals surface area contributed by atoms with Gasteiger partial charge in [0.2, 0.25) is 10.6 Å². The van der Waals surface area contributed by atoms with Crippen LogP contribution in [0.5, 0.6) is 28.7 Å². The number of hydrogen-bond acceptors (Lipinski definition) is 12. The maximum Gasteiger partial charge on any atom is 0.410 e. The summed E-state index contributed by atoms with van der Waals surface area (Å²) < 4.78 is 40.3. The van der Waals surface area contributed by atoms with Crippen molar-refractivity contribution in [1.82, 2.24) is 9.80 Å². The molecule has 13 nitrogen and oxygen atoms in total. The summed E-state index contributed by atoms with van der Waals surface area (Å²) in [5.41, 5.74) is 4.78. The molecule has 1 saturated heterocycles. The molecular formula is C44H42Cl3N3O10. The number of carbonyl (C=O) groups excluding carboxylic acids is 3. The lowest BCUT2D eigenvalue weighted by molar-refractivity contribution is -0.146. The van der Waals surface area contributed by atoms with Gasteiger partial charge in [-0.1, -0.05) is 102 Å². The lowest BCUT2D eigenvalue weighted by Gasteiger charge is -2.56. The van der Waals surface area contributed by atoms with Gasteiger partial charge in [0, 0.05) is 23.6 Å². The third kappa shape index (κ3) is 8.61. The van der Waals surface area contributed by atoms with E-state index in [4.69, 9.17) is 68.0 Å². The molecule has 4 aromatic rings. The van der Waals surface area contributed by atoms with Gasteiger partial charge in [-0.25, -0.2) is 4.79 Å². The van der Waals surface area contributed by atoms with Crippen molar-refractivity contribution >= 4 is 53.2 Å². The van der Waals surface area contributed by atoms with Crippen molar-refractivity contribution in [2.24, 2.45) is 0 Å².